The molecule has 22 heavy (non-hydrogen) atoms. The summed E-state index contributed by atoms with van der Waals surface area (Å²) >= 11 is 0. The molecule has 116 valence electrons. The molecule has 0 fully saturated rings. The maximum Gasteiger partial charge on any atom is 0.313 e. The van der Waals surface area contributed by atoms with Gasteiger partial charge in [0.1, 0.15) is 5.76 Å². The van der Waals surface area contributed by atoms with E-state index in [4.69, 9.17) is 4.42 Å². The van der Waals surface area contributed by atoms with Gasteiger partial charge in [0.25, 0.3) is 0 Å². The van der Waals surface area contributed by atoms with Gasteiger partial charge in [-0.3, -0.25) is 9.59 Å². The zero-order valence-corrected chi connectivity index (χ0v) is 13.0. The lowest BCUT2D eigenvalue weighted by Gasteiger charge is -2.12. The Balaban J connectivity index is 1.90. The van der Waals surface area contributed by atoms with E-state index >= 15 is 0 Å². The molecular formula is C17H20N2O3. The Morgan fingerprint density at radius 1 is 1.09 bits per heavy atom. The molecule has 5 heteroatoms. The van der Waals surface area contributed by atoms with E-state index in [-0.39, 0.29) is 0 Å². The molecule has 1 heterocycles. The third kappa shape index (κ3) is 3.97. The molecule has 0 aliphatic heterocycles. The molecule has 2 rings (SSSR count). The number of carbonyl (C=O) groups is 2. The van der Waals surface area contributed by atoms with Crippen LogP contribution in [0.5, 0.6) is 0 Å². The van der Waals surface area contributed by atoms with E-state index in [9.17, 15) is 9.59 Å². The van der Waals surface area contributed by atoms with Crippen LogP contribution in [0.15, 0.2) is 34.9 Å². The third-order valence-electron chi connectivity index (χ3n) is 3.36. The fourth-order valence-corrected chi connectivity index (χ4v) is 2.38. The molecule has 0 bridgehead atoms. The van der Waals surface area contributed by atoms with E-state index < -0.39 is 11.8 Å². The average molecular weight is 300 g/mol. The molecule has 2 aromatic rings. The first-order valence-electron chi connectivity index (χ1n) is 7.17. The van der Waals surface area contributed by atoms with Gasteiger partial charge in [-0.2, -0.15) is 0 Å². The van der Waals surface area contributed by atoms with Crippen molar-refractivity contribution in [3.05, 3.63) is 53.0 Å². The molecule has 2 N–H and O–H groups in total. The number of benzene rings is 1. The Labute approximate surface area is 129 Å². The lowest BCUT2D eigenvalue weighted by Crippen LogP contribution is -2.36. The molecule has 0 atom stereocenters. The van der Waals surface area contributed by atoms with Gasteiger partial charge in [0.2, 0.25) is 0 Å². The van der Waals surface area contributed by atoms with E-state index in [0.717, 1.165) is 22.5 Å². The summed E-state index contributed by atoms with van der Waals surface area (Å²) in [6.45, 7) is 6.16. The molecule has 0 spiro atoms. The fourth-order valence-electron chi connectivity index (χ4n) is 2.38. The topological polar surface area (TPSA) is 71.3 Å². The molecule has 2 amide bonds. The smallest absolute Gasteiger partial charge is 0.313 e. The van der Waals surface area contributed by atoms with E-state index in [2.05, 4.69) is 10.6 Å². The summed E-state index contributed by atoms with van der Waals surface area (Å²) in [4.78, 5) is 23.8. The molecule has 0 radical (unpaired) electrons. The van der Waals surface area contributed by atoms with Crippen LogP contribution in [0.1, 0.15) is 22.5 Å². The monoisotopic (exact) mass is 300 g/mol. The molecule has 0 unspecified atom stereocenters. The second-order valence-electron chi connectivity index (χ2n) is 5.31. The second-order valence-corrected chi connectivity index (χ2v) is 5.31. The highest BCUT2D eigenvalue weighted by molar-refractivity contribution is 6.39. The molecular weight excluding hydrogens is 280 g/mol. The van der Waals surface area contributed by atoms with Crippen molar-refractivity contribution in [1.29, 1.82) is 0 Å². The first kappa shape index (κ1) is 15.8. The van der Waals surface area contributed by atoms with Gasteiger partial charge >= 0.3 is 11.8 Å². The number of aryl methyl sites for hydroxylation is 3. The van der Waals surface area contributed by atoms with Crippen LogP contribution in [0.4, 0.5) is 5.69 Å². The van der Waals surface area contributed by atoms with Crippen LogP contribution in [0, 0.1) is 20.8 Å². The van der Waals surface area contributed by atoms with Crippen LogP contribution < -0.4 is 10.6 Å². The summed E-state index contributed by atoms with van der Waals surface area (Å²) in [6.07, 6.45) is 2.13. The molecule has 1 aromatic carbocycles. The quantitative estimate of drug-likeness (QED) is 0.852. The number of amides is 2. The van der Waals surface area contributed by atoms with Gasteiger partial charge in [-0.05, 0) is 44.0 Å². The first-order chi connectivity index (χ1) is 10.5. The average Bonchev–Trinajstić information content (AvgIpc) is 2.95. The summed E-state index contributed by atoms with van der Waals surface area (Å²) in [5, 5.41) is 5.26. The third-order valence-corrected chi connectivity index (χ3v) is 3.36. The second kappa shape index (κ2) is 6.93. The van der Waals surface area contributed by atoms with Crippen LogP contribution in [-0.2, 0) is 16.0 Å². The minimum Gasteiger partial charge on any atom is -0.469 e. The summed E-state index contributed by atoms with van der Waals surface area (Å²) in [7, 11) is 0. The van der Waals surface area contributed by atoms with Crippen molar-refractivity contribution in [2.45, 2.75) is 27.2 Å². The summed E-state index contributed by atoms with van der Waals surface area (Å²) in [5.74, 6) is -0.536. The number of hydrogen-bond donors (Lipinski definition) is 2. The van der Waals surface area contributed by atoms with Crippen LogP contribution in [0.2, 0.25) is 0 Å². The number of furan rings is 1. The lowest BCUT2D eigenvalue weighted by molar-refractivity contribution is -0.136. The van der Waals surface area contributed by atoms with Gasteiger partial charge in [0, 0.05) is 18.7 Å². The van der Waals surface area contributed by atoms with Crippen LogP contribution in [0.3, 0.4) is 0 Å². The number of anilines is 1. The minimum absolute atomic E-state index is 0.353. The molecule has 0 aliphatic carbocycles. The molecule has 1 aromatic heterocycles. The van der Waals surface area contributed by atoms with E-state index in [1.165, 1.54) is 0 Å². The Bertz CT molecular complexity index is 652. The van der Waals surface area contributed by atoms with Crippen molar-refractivity contribution in [3.8, 4) is 0 Å². The normalized spacial score (nSPS) is 10.3. The Morgan fingerprint density at radius 3 is 2.36 bits per heavy atom. The van der Waals surface area contributed by atoms with Crippen LogP contribution in [0.25, 0.3) is 0 Å². The van der Waals surface area contributed by atoms with Gasteiger partial charge in [0.05, 0.1) is 6.26 Å². The molecule has 0 aliphatic rings. The van der Waals surface area contributed by atoms with Crippen molar-refractivity contribution < 1.29 is 14.0 Å². The molecule has 5 nitrogen and oxygen atoms in total. The zero-order valence-electron chi connectivity index (χ0n) is 13.0. The predicted octanol–water partition coefficient (Wildman–Crippen LogP) is 2.50. The largest absolute Gasteiger partial charge is 0.469 e. The van der Waals surface area contributed by atoms with Crippen molar-refractivity contribution in [2.24, 2.45) is 0 Å². The lowest BCUT2D eigenvalue weighted by atomic mass is 10.1. The van der Waals surface area contributed by atoms with E-state index in [0.29, 0.717) is 18.7 Å². The first-order valence-corrected chi connectivity index (χ1v) is 7.17. The molecule has 0 saturated heterocycles. The number of nitrogens with one attached hydrogen (secondary N) is 2. The maximum absolute atomic E-state index is 11.9. The van der Waals surface area contributed by atoms with E-state index in [1.54, 1.807) is 12.3 Å². The van der Waals surface area contributed by atoms with Gasteiger partial charge in [-0.1, -0.05) is 17.7 Å². The summed E-state index contributed by atoms with van der Waals surface area (Å²) in [5.41, 5.74) is 3.69. The van der Waals surface area contributed by atoms with Crippen molar-refractivity contribution in [1.82, 2.24) is 5.32 Å². The highest BCUT2D eigenvalue weighted by Crippen LogP contribution is 2.21. The summed E-state index contributed by atoms with van der Waals surface area (Å²) < 4.78 is 5.16. The van der Waals surface area contributed by atoms with E-state index in [1.807, 2.05) is 39.0 Å². The molecule has 0 saturated carbocycles. The Kier molecular flexibility index (Phi) is 4.99. The van der Waals surface area contributed by atoms with Gasteiger partial charge in [0.15, 0.2) is 0 Å². The van der Waals surface area contributed by atoms with Crippen LogP contribution >= 0.6 is 0 Å². The Hall–Kier alpha value is -2.56. The van der Waals surface area contributed by atoms with Gasteiger partial charge < -0.3 is 15.1 Å². The standard InChI is InChI=1S/C17H20N2O3/c1-11-9-12(2)15(13(3)10-11)19-17(21)16(20)18-7-6-14-5-4-8-22-14/h4-5,8-10H,6-7H2,1-3H3,(H,18,20)(H,19,21). The number of rotatable bonds is 4. The summed E-state index contributed by atoms with van der Waals surface area (Å²) in [6, 6.07) is 7.55. The highest BCUT2D eigenvalue weighted by atomic mass is 16.3. The predicted molar refractivity (Wildman–Crippen MR) is 84.7 cm³/mol. The SMILES string of the molecule is Cc1cc(C)c(NC(=O)C(=O)NCCc2ccco2)c(C)c1. The van der Waals surface area contributed by atoms with Crippen LogP contribution in [-0.4, -0.2) is 18.4 Å². The van der Waals surface area contributed by atoms with Crippen molar-refractivity contribution in [3.63, 3.8) is 0 Å². The van der Waals surface area contributed by atoms with Crippen molar-refractivity contribution >= 4 is 17.5 Å². The highest BCUT2D eigenvalue weighted by Gasteiger charge is 2.15. The Morgan fingerprint density at radius 2 is 1.77 bits per heavy atom. The zero-order chi connectivity index (χ0) is 16.1. The minimum atomic E-state index is -0.658. The number of carbonyl (C=O) groups excluding carboxylic acids is 2. The van der Waals surface area contributed by atoms with Gasteiger partial charge in [-0.25, -0.2) is 0 Å². The fraction of sp³-hybridized carbons (Fsp3) is 0.294. The van der Waals surface area contributed by atoms with Gasteiger partial charge in [-0.15, -0.1) is 0 Å². The number of hydrogen-bond acceptors (Lipinski definition) is 3. The maximum atomic E-state index is 11.9. The van der Waals surface area contributed by atoms with Crippen molar-refractivity contribution in [2.75, 3.05) is 11.9 Å².